The van der Waals surface area contributed by atoms with Gasteiger partial charge in [0.15, 0.2) is 0 Å². The predicted molar refractivity (Wildman–Crippen MR) is 61.5 cm³/mol. The molecule has 0 aliphatic heterocycles. The SMILES string of the molecule is Fc1cccc(-c2cnc3[nH]ccc3c2)c1. The lowest BCUT2D eigenvalue weighted by Crippen LogP contribution is -1.82. The van der Waals surface area contributed by atoms with Crippen LogP contribution in [0.1, 0.15) is 0 Å². The zero-order chi connectivity index (χ0) is 11.0. The first kappa shape index (κ1) is 9.09. The van der Waals surface area contributed by atoms with Gasteiger partial charge in [-0.3, -0.25) is 0 Å². The number of pyridine rings is 1. The molecule has 0 saturated carbocycles. The van der Waals surface area contributed by atoms with Crippen molar-refractivity contribution in [3.8, 4) is 11.1 Å². The third-order valence-electron chi connectivity index (χ3n) is 2.56. The Labute approximate surface area is 91.8 Å². The summed E-state index contributed by atoms with van der Waals surface area (Å²) in [6, 6.07) is 10.5. The van der Waals surface area contributed by atoms with E-state index < -0.39 is 0 Å². The van der Waals surface area contributed by atoms with Crippen molar-refractivity contribution in [1.29, 1.82) is 0 Å². The van der Waals surface area contributed by atoms with Crippen molar-refractivity contribution in [3.63, 3.8) is 0 Å². The fraction of sp³-hybridized carbons (Fsp3) is 0. The molecule has 2 aromatic heterocycles. The van der Waals surface area contributed by atoms with Crippen LogP contribution in [0.2, 0.25) is 0 Å². The molecule has 0 aliphatic carbocycles. The van der Waals surface area contributed by atoms with Gasteiger partial charge in [-0.2, -0.15) is 0 Å². The smallest absolute Gasteiger partial charge is 0.137 e. The van der Waals surface area contributed by atoms with E-state index in [1.165, 1.54) is 12.1 Å². The maximum atomic E-state index is 13.1. The molecule has 78 valence electrons. The molecule has 3 aromatic rings. The Bertz CT molecular complexity index is 643. The molecule has 0 bridgehead atoms. The van der Waals surface area contributed by atoms with Gasteiger partial charge in [-0.1, -0.05) is 12.1 Å². The van der Waals surface area contributed by atoms with Crippen LogP contribution in [0.3, 0.4) is 0 Å². The normalized spacial score (nSPS) is 10.8. The van der Waals surface area contributed by atoms with Crippen LogP contribution >= 0.6 is 0 Å². The lowest BCUT2D eigenvalue weighted by molar-refractivity contribution is 0.628. The molecule has 0 atom stereocenters. The Hall–Kier alpha value is -2.16. The second kappa shape index (κ2) is 3.45. The van der Waals surface area contributed by atoms with Crippen LogP contribution in [-0.2, 0) is 0 Å². The van der Waals surface area contributed by atoms with Crippen LogP contribution in [0.15, 0.2) is 48.8 Å². The van der Waals surface area contributed by atoms with E-state index in [-0.39, 0.29) is 5.82 Å². The van der Waals surface area contributed by atoms with Crippen LogP contribution in [0.5, 0.6) is 0 Å². The summed E-state index contributed by atoms with van der Waals surface area (Å²) >= 11 is 0. The molecular formula is C13H9FN2. The molecule has 0 fully saturated rings. The van der Waals surface area contributed by atoms with Gasteiger partial charge in [0.2, 0.25) is 0 Å². The summed E-state index contributed by atoms with van der Waals surface area (Å²) in [7, 11) is 0. The summed E-state index contributed by atoms with van der Waals surface area (Å²) in [5.41, 5.74) is 2.61. The highest BCUT2D eigenvalue weighted by Gasteiger charge is 2.02. The molecule has 0 amide bonds. The minimum Gasteiger partial charge on any atom is -0.346 e. The van der Waals surface area contributed by atoms with Crippen molar-refractivity contribution >= 4 is 11.0 Å². The minimum atomic E-state index is -0.230. The van der Waals surface area contributed by atoms with Crippen LogP contribution < -0.4 is 0 Å². The Balaban J connectivity index is 2.18. The second-order valence-electron chi connectivity index (χ2n) is 3.65. The Morgan fingerprint density at radius 1 is 1.06 bits per heavy atom. The fourth-order valence-electron chi connectivity index (χ4n) is 1.77. The van der Waals surface area contributed by atoms with Gasteiger partial charge in [-0.25, -0.2) is 9.37 Å². The topological polar surface area (TPSA) is 28.7 Å². The van der Waals surface area contributed by atoms with Gasteiger partial charge in [-0.05, 0) is 29.8 Å². The van der Waals surface area contributed by atoms with E-state index >= 15 is 0 Å². The highest BCUT2D eigenvalue weighted by atomic mass is 19.1. The number of H-pyrrole nitrogens is 1. The van der Waals surface area contributed by atoms with Crippen molar-refractivity contribution in [1.82, 2.24) is 9.97 Å². The number of nitrogens with zero attached hydrogens (tertiary/aromatic N) is 1. The van der Waals surface area contributed by atoms with Crippen molar-refractivity contribution in [2.75, 3.05) is 0 Å². The molecular weight excluding hydrogens is 203 g/mol. The molecule has 0 aliphatic rings. The van der Waals surface area contributed by atoms with E-state index in [9.17, 15) is 4.39 Å². The van der Waals surface area contributed by atoms with Crippen LogP contribution in [0.4, 0.5) is 4.39 Å². The molecule has 2 heterocycles. The summed E-state index contributed by atoms with van der Waals surface area (Å²) < 4.78 is 13.1. The standard InChI is InChI=1S/C13H9FN2/c14-12-3-1-2-9(7-12)11-6-10-4-5-15-13(10)16-8-11/h1-8H,(H,15,16). The van der Waals surface area contributed by atoms with E-state index in [4.69, 9.17) is 0 Å². The van der Waals surface area contributed by atoms with Crippen LogP contribution in [-0.4, -0.2) is 9.97 Å². The third kappa shape index (κ3) is 1.46. The Morgan fingerprint density at radius 2 is 2.00 bits per heavy atom. The molecule has 16 heavy (non-hydrogen) atoms. The molecule has 1 aromatic carbocycles. The lowest BCUT2D eigenvalue weighted by atomic mass is 10.1. The third-order valence-corrected chi connectivity index (χ3v) is 2.56. The molecule has 3 heteroatoms. The molecule has 0 unspecified atom stereocenters. The van der Waals surface area contributed by atoms with Crippen LogP contribution in [0.25, 0.3) is 22.2 Å². The summed E-state index contributed by atoms with van der Waals surface area (Å²) in [6.07, 6.45) is 3.58. The maximum absolute atomic E-state index is 13.1. The maximum Gasteiger partial charge on any atom is 0.137 e. The number of aromatic amines is 1. The first-order chi connectivity index (χ1) is 7.83. The van der Waals surface area contributed by atoms with E-state index in [2.05, 4.69) is 9.97 Å². The van der Waals surface area contributed by atoms with Gasteiger partial charge >= 0.3 is 0 Å². The fourth-order valence-corrected chi connectivity index (χ4v) is 1.77. The van der Waals surface area contributed by atoms with Crippen molar-refractivity contribution in [3.05, 3.63) is 54.6 Å². The first-order valence-electron chi connectivity index (χ1n) is 5.02. The van der Waals surface area contributed by atoms with E-state index in [0.717, 1.165) is 22.2 Å². The zero-order valence-electron chi connectivity index (χ0n) is 8.44. The highest BCUT2D eigenvalue weighted by Crippen LogP contribution is 2.22. The summed E-state index contributed by atoms with van der Waals surface area (Å²) in [5, 5.41) is 1.03. The molecule has 3 rings (SSSR count). The molecule has 0 spiro atoms. The molecule has 0 radical (unpaired) electrons. The number of aromatic nitrogens is 2. The average molecular weight is 212 g/mol. The number of hydrogen-bond donors (Lipinski definition) is 1. The van der Waals surface area contributed by atoms with Gasteiger partial charge in [0.1, 0.15) is 11.5 Å². The Kier molecular flexibility index (Phi) is 1.96. The van der Waals surface area contributed by atoms with Gasteiger partial charge in [-0.15, -0.1) is 0 Å². The minimum absolute atomic E-state index is 0.230. The van der Waals surface area contributed by atoms with E-state index in [1.54, 1.807) is 12.3 Å². The van der Waals surface area contributed by atoms with Gasteiger partial charge < -0.3 is 4.98 Å². The molecule has 2 nitrogen and oxygen atoms in total. The molecule has 1 N–H and O–H groups in total. The highest BCUT2D eigenvalue weighted by molar-refractivity contribution is 5.81. The van der Waals surface area contributed by atoms with Crippen molar-refractivity contribution in [2.45, 2.75) is 0 Å². The Morgan fingerprint density at radius 3 is 2.88 bits per heavy atom. The predicted octanol–water partition coefficient (Wildman–Crippen LogP) is 3.37. The number of hydrogen-bond acceptors (Lipinski definition) is 1. The average Bonchev–Trinajstić information content (AvgIpc) is 2.75. The van der Waals surface area contributed by atoms with Gasteiger partial charge in [0.25, 0.3) is 0 Å². The second-order valence-corrected chi connectivity index (χ2v) is 3.65. The van der Waals surface area contributed by atoms with E-state index in [1.807, 2.05) is 24.4 Å². The number of halogens is 1. The summed E-state index contributed by atoms with van der Waals surface area (Å²) in [4.78, 5) is 7.29. The largest absolute Gasteiger partial charge is 0.346 e. The van der Waals surface area contributed by atoms with Crippen molar-refractivity contribution < 1.29 is 4.39 Å². The van der Waals surface area contributed by atoms with Crippen molar-refractivity contribution in [2.24, 2.45) is 0 Å². The van der Waals surface area contributed by atoms with E-state index in [0.29, 0.717) is 0 Å². The quantitative estimate of drug-likeness (QED) is 0.658. The monoisotopic (exact) mass is 212 g/mol. The summed E-state index contributed by atoms with van der Waals surface area (Å²) in [5.74, 6) is -0.230. The van der Waals surface area contributed by atoms with Crippen LogP contribution in [0, 0.1) is 5.82 Å². The zero-order valence-corrected chi connectivity index (χ0v) is 8.44. The first-order valence-corrected chi connectivity index (χ1v) is 5.02. The van der Waals surface area contributed by atoms with Gasteiger partial charge in [0.05, 0.1) is 0 Å². The number of rotatable bonds is 1. The lowest BCUT2D eigenvalue weighted by Gasteiger charge is -2.01. The van der Waals surface area contributed by atoms with Gasteiger partial charge in [0, 0.05) is 23.3 Å². The molecule has 0 saturated heterocycles. The number of fused-ring (bicyclic) bond motifs is 1. The number of benzene rings is 1. The summed E-state index contributed by atoms with van der Waals surface area (Å²) in [6.45, 7) is 0. The number of nitrogens with one attached hydrogen (secondary N) is 1.